The molecule has 1 rings (SSSR count). The van der Waals surface area contributed by atoms with E-state index in [4.69, 9.17) is 0 Å². The third-order valence-electron chi connectivity index (χ3n) is 3.92. The van der Waals surface area contributed by atoms with Crippen molar-refractivity contribution in [2.45, 2.75) is 78.6 Å². The molecule has 1 heteroatoms. The van der Waals surface area contributed by atoms with Crippen molar-refractivity contribution in [3.05, 3.63) is 34.9 Å². The third-order valence-corrected chi connectivity index (χ3v) is 3.92. The van der Waals surface area contributed by atoms with Crippen LogP contribution in [0.25, 0.3) is 6.08 Å². The minimum absolute atomic E-state index is 0.544. The van der Waals surface area contributed by atoms with Gasteiger partial charge in [-0.1, -0.05) is 58.6 Å². The Balaban J connectivity index is 2.92. The first kappa shape index (κ1) is 17.8. The Morgan fingerprint density at radius 3 is 1.86 bits per heavy atom. The Morgan fingerprint density at radius 2 is 1.38 bits per heavy atom. The summed E-state index contributed by atoms with van der Waals surface area (Å²) < 4.78 is 0. The summed E-state index contributed by atoms with van der Waals surface area (Å²) in [4.78, 5) is 0. The molecule has 0 atom stereocenters. The normalized spacial score (nSPS) is 11.4. The number of rotatable bonds is 10. The first-order valence-electron chi connectivity index (χ1n) is 8.74. The Bertz CT molecular complexity index is 402. The molecule has 21 heavy (non-hydrogen) atoms. The number of unbranched alkanes of at least 4 members (excludes halogenated alkanes) is 4. The van der Waals surface area contributed by atoms with E-state index < -0.39 is 0 Å². The van der Waals surface area contributed by atoms with Crippen LogP contribution in [-0.4, -0.2) is 5.11 Å². The molecule has 1 aromatic rings. The van der Waals surface area contributed by atoms with Crippen molar-refractivity contribution in [2.24, 2.45) is 0 Å². The molecule has 0 aliphatic carbocycles. The molecule has 0 unspecified atom stereocenters. The first-order valence-corrected chi connectivity index (χ1v) is 8.74. The van der Waals surface area contributed by atoms with Gasteiger partial charge in [0.1, 0.15) is 5.75 Å². The standard InChI is InChI=1S/C20H32O/c1-4-7-10-11-12-17-15-18(13-8-5-2)20(21)19(16-17)14-9-6-3/h11-12,15-16,21H,4-10,13-14H2,1-3H3/b12-11+. The zero-order valence-corrected chi connectivity index (χ0v) is 14.1. The second-order valence-electron chi connectivity index (χ2n) is 5.94. The highest BCUT2D eigenvalue weighted by Gasteiger charge is 2.08. The molecule has 0 bridgehead atoms. The van der Waals surface area contributed by atoms with Crippen molar-refractivity contribution in [1.29, 1.82) is 0 Å². The molecule has 1 nitrogen and oxygen atoms in total. The Hall–Kier alpha value is -1.24. The average Bonchev–Trinajstić information content (AvgIpc) is 2.50. The minimum Gasteiger partial charge on any atom is -0.507 e. The van der Waals surface area contributed by atoms with Gasteiger partial charge in [0.15, 0.2) is 0 Å². The number of phenols is 1. The van der Waals surface area contributed by atoms with Crippen molar-refractivity contribution in [1.82, 2.24) is 0 Å². The van der Waals surface area contributed by atoms with Crippen LogP contribution in [0.4, 0.5) is 0 Å². The highest BCUT2D eigenvalue weighted by molar-refractivity contribution is 5.56. The molecule has 0 amide bonds. The number of allylic oxidation sites excluding steroid dienone is 1. The summed E-state index contributed by atoms with van der Waals surface area (Å²) in [6.07, 6.45) is 14.7. The van der Waals surface area contributed by atoms with E-state index in [-0.39, 0.29) is 0 Å². The van der Waals surface area contributed by atoms with E-state index in [1.807, 2.05) is 0 Å². The van der Waals surface area contributed by atoms with E-state index in [2.05, 4.69) is 45.1 Å². The highest BCUT2D eigenvalue weighted by atomic mass is 16.3. The number of hydrogen-bond acceptors (Lipinski definition) is 1. The van der Waals surface area contributed by atoms with Crippen LogP contribution in [-0.2, 0) is 12.8 Å². The third kappa shape index (κ3) is 6.37. The van der Waals surface area contributed by atoms with Crippen molar-refractivity contribution in [2.75, 3.05) is 0 Å². The van der Waals surface area contributed by atoms with Crippen molar-refractivity contribution < 1.29 is 5.11 Å². The van der Waals surface area contributed by atoms with Gasteiger partial charge < -0.3 is 5.11 Å². The molecule has 0 aliphatic rings. The monoisotopic (exact) mass is 288 g/mol. The van der Waals surface area contributed by atoms with E-state index >= 15 is 0 Å². The molecule has 1 N–H and O–H groups in total. The SMILES string of the molecule is CCCC/C=C/c1cc(CCCC)c(O)c(CCCC)c1. The summed E-state index contributed by atoms with van der Waals surface area (Å²) in [6.45, 7) is 6.62. The van der Waals surface area contributed by atoms with Gasteiger partial charge in [-0.15, -0.1) is 0 Å². The van der Waals surface area contributed by atoms with Crippen LogP contribution in [0.2, 0.25) is 0 Å². The Morgan fingerprint density at radius 1 is 0.857 bits per heavy atom. The van der Waals surface area contributed by atoms with Crippen LogP contribution in [0.1, 0.15) is 82.4 Å². The Labute approximate surface area is 131 Å². The topological polar surface area (TPSA) is 20.2 Å². The summed E-state index contributed by atoms with van der Waals surface area (Å²) >= 11 is 0. The smallest absolute Gasteiger partial charge is 0.121 e. The van der Waals surface area contributed by atoms with Gasteiger partial charge in [-0.05, 0) is 60.9 Å². The predicted octanol–water partition coefficient (Wildman–Crippen LogP) is 6.28. The molecule has 0 aliphatic heterocycles. The number of benzene rings is 1. The van der Waals surface area contributed by atoms with Gasteiger partial charge in [0.25, 0.3) is 0 Å². The largest absolute Gasteiger partial charge is 0.507 e. The first-order chi connectivity index (χ1) is 10.2. The maximum Gasteiger partial charge on any atom is 0.121 e. The van der Waals surface area contributed by atoms with Gasteiger partial charge in [0.05, 0.1) is 0 Å². The molecule has 0 radical (unpaired) electrons. The van der Waals surface area contributed by atoms with Crippen LogP contribution in [0.15, 0.2) is 18.2 Å². The zero-order valence-electron chi connectivity index (χ0n) is 14.1. The molecule has 0 fully saturated rings. The van der Waals surface area contributed by atoms with Gasteiger partial charge in [0, 0.05) is 0 Å². The highest BCUT2D eigenvalue weighted by Crippen LogP contribution is 2.28. The van der Waals surface area contributed by atoms with Gasteiger partial charge in [-0.3, -0.25) is 0 Å². The summed E-state index contributed by atoms with van der Waals surface area (Å²) in [5.41, 5.74) is 3.50. The lowest BCUT2D eigenvalue weighted by atomic mass is 9.96. The molecular weight excluding hydrogens is 256 g/mol. The molecule has 0 spiro atoms. The lowest BCUT2D eigenvalue weighted by Gasteiger charge is -2.11. The van der Waals surface area contributed by atoms with E-state index in [1.165, 1.54) is 31.2 Å². The molecule has 0 heterocycles. The van der Waals surface area contributed by atoms with Gasteiger partial charge in [-0.25, -0.2) is 0 Å². The summed E-state index contributed by atoms with van der Waals surface area (Å²) in [6, 6.07) is 4.34. The Kier molecular flexibility index (Phi) is 8.89. The second-order valence-corrected chi connectivity index (χ2v) is 5.94. The van der Waals surface area contributed by atoms with Crippen molar-refractivity contribution in [3.8, 4) is 5.75 Å². The van der Waals surface area contributed by atoms with Gasteiger partial charge in [-0.2, -0.15) is 0 Å². The van der Waals surface area contributed by atoms with Gasteiger partial charge in [0.2, 0.25) is 0 Å². The lowest BCUT2D eigenvalue weighted by Crippen LogP contribution is -1.94. The van der Waals surface area contributed by atoms with Crippen molar-refractivity contribution in [3.63, 3.8) is 0 Å². The zero-order chi connectivity index (χ0) is 15.5. The van der Waals surface area contributed by atoms with Crippen LogP contribution in [0.5, 0.6) is 5.75 Å². The lowest BCUT2D eigenvalue weighted by molar-refractivity contribution is 0.458. The maximum absolute atomic E-state index is 10.5. The maximum atomic E-state index is 10.5. The van der Waals surface area contributed by atoms with E-state index in [9.17, 15) is 5.11 Å². The van der Waals surface area contributed by atoms with E-state index in [0.29, 0.717) is 5.75 Å². The number of aryl methyl sites for hydroxylation is 2. The van der Waals surface area contributed by atoms with Crippen LogP contribution in [0, 0.1) is 0 Å². The summed E-state index contributed by atoms with van der Waals surface area (Å²) in [5.74, 6) is 0.544. The minimum atomic E-state index is 0.544. The molecule has 1 aromatic carbocycles. The molecule has 0 saturated heterocycles. The fourth-order valence-electron chi connectivity index (χ4n) is 2.54. The van der Waals surface area contributed by atoms with Crippen LogP contribution in [0.3, 0.4) is 0 Å². The van der Waals surface area contributed by atoms with Crippen molar-refractivity contribution >= 4 is 6.08 Å². The molecule has 0 aromatic heterocycles. The number of hydrogen-bond donors (Lipinski definition) is 1. The molecule has 118 valence electrons. The van der Waals surface area contributed by atoms with Crippen LogP contribution >= 0.6 is 0 Å². The average molecular weight is 288 g/mol. The second kappa shape index (κ2) is 10.5. The van der Waals surface area contributed by atoms with E-state index in [0.717, 1.165) is 43.2 Å². The summed E-state index contributed by atoms with van der Waals surface area (Å²) in [5, 5.41) is 10.5. The number of phenolic OH excluding ortho intramolecular Hbond substituents is 1. The molecular formula is C20H32O. The predicted molar refractivity (Wildman–Crippen MR) is 93.9 cm³/mol. The summed E-state index contributed by atoms with van der Waals surface area (Å²) in [7, 11) is 0. The van der Waals surface area contributed by atoms with E-state index in [1.54, 1.807) is 0 Å². The fourth-order valence-corrected chi connectivity index (χ4v) is 2.54. The number of aromatic hydroxyl groups is 1. The van der Waals surface area contributed by atoms with Gasteiger partial charge >= 0.3 is 0 Å². The van der Waals surface area contributed by atoms with Crippen LogP contribution < -0.4 is 0 Å². The quantitative estimate of drug-likeness (QED) is 0.502. The fraction of sp³-hybridized carbons (Fsp3) is 0.600. The molecule has 0 saturated carbocycles.